The molecule has 0 saturated heterocycles. The molecule has 19 heavy (non-hydrogen) atoms. The Morgan fingerprint density at radius 3 is 2.74 bits per heavy atom. The van der Waals surface area contributed by atoms with E-state index < -0.39 is 0 Å². The molecule has 2 rings (SSSR count). The highest BCUT2D eigenvalue weighted by Gasteiger charge is 2.15. The molecule has 1 aromatic heterocycles. The quantitative estimate of drug-likeness (QED) is 0.362. The molecule has 0 saturated carbocycles. The van der Waals surface area contributed by atoms with Gasteiger partial charge in [-0.1, -0.05) is 39.0 Å². The van der Waals surface area contributed by atoms with Crippen LogP contribution in [0.15, 0.2) is 6.07 Å². The van der Waals surface area contributed by atoms with Gasteiger partial charge in [0.2, 0.25) is 0 Å². The van der Waals surface area contributed by atoms with E-state index in [2.05, 4.69) is 13.0 Å². The van der Waals surface area contributed by atoms with E-state index in [9.17, 15) is 4.79 Å². The minimum atomic E-state index is 0.384. The van der Waals surface area contributed by atoms with Gasteiger partial charge in [-0.15, -0.1) is 11.3 Å². The molecule has 0 radical (unpaired) electrons. The molecule has 1 aliphatic carbocycles. The van der Waals surface area contributed by atoms with Crippen molar-refractivity contribution < 1.29 is 4.79 Å². The largest absolute Gasteiger partial charge is 0.293 e. The van der Waals surface area contributed by atoms with Crippen LogP contribution in [-0.2, 0) is 12.8 Å². The monoisotopic (exact) mass is 278 g/mol. The van der Waals surface area contributed by atoms with Gasteiger partial charge in [-0.05, 0) is 43.7 Å². The number of unbranched alkanes of at least 4 members (excludes halogenated alkanes) is 4. The zero-order valence-corrected chi connectivity index (χ0v) is 13.0. The van der Waals surface area contributed by atoms with Crippen LogP contribution in [0.3, 0.4) is 0 Å². The third-order valence-electron chi connectivity index (χ3n) is 4.03. The lowest BCUT2D eigenvalue weighted by Crippen LogP contribution is -1.95. The molecule has 0 aromatic carbocycles. The van der Waals surface area contributed by atoms with Crippen molar-refractivity contribution in [1.82, 2.24) is 0 Å². The van der Waals surface area contributed by atoms with Crippen LogP contribution in [-0.4, -0.2) is 5.78 Å². The van der Waals surface area contributed by atoms with Crippen molar-refractivity contribution in [2.45, 2.75) is 77.6 Å². The van der Waals surface area contributed by atoms with Crippen LogP contribution in [0.5, 0.6) is 0 Å². The van der Waals surface area contributed by atoms with E-state index >= 15 is 0 Å². The maximum Gasteiger partial charge on any atom is 0.172 e. The average Bonchev–Trinajstić information content (AvgIpc) is 2.70. The molecule has 0 atom stereocenters. The Kier molecular flexibility index (Phi) is 6.09. The molecule has 1 nitrogen and oxygen atoms in total. The van der Waals surface area contributed by atoms with Crippen molar-refractivity contribution in [2.75, 3.05) is 0 Å². The lowest BCUT2D eigenvalue weighted by molar-refractivity contribution is 0.0983. The van der Waals surface area contributed by atoms with Crippen LogP contribution in [0, 0.1) is 0 Å². The highest BCUT2D eigenvalue weighted by molar-refractivity contribution is 7.14. The minimum absolute atomic E-state index is 0.384. The summed E-state index contributed by atoms with van der Waals surface area (Å²) in [6.45, 7) is 2.23. The van der Waals surface area contributed by atoms with E-state index in [1.54, 1.807) is 11.3 Å². The number of aryl methyl sites for hydroxylation is 2. The summed E-state index contributed by atoms with van der Waals surface area (Å²) in [5.41, 5.74) is 1.47. The van der Waals surface area contributed by atoms with Gasteiger partial charge in [0.25, 0.3) is 0 Å². The Hall–Kier alpha value is -0.630. The SMILES string of the molecule is CCCCCCCC(=O)c1cc2c(s1)CCCCC2. The number of carbonyl (C=O) groups excluding carboxylic acids is 1. The van der Waals surface area contributed by atoms with Crippen molar-refractivity contribution in [3.8, 4) is 0 Å². The van der Waals surface area contributed by atoms with Gasteiger partial charge in [0.1, 0.15) is 0 Å². The van der Waals surface area contributed by atoms with Crippen molar-refractivity contribution >= 4 is 17.1 Å². The molecule has 0 aliphatic heterocycles. The topological polar surface area (TPSA) is 17.1 Å². The van der Waals surface area contributed by atoms with Crippen molar-refractivity contribution in [3.05, 3.63) is 21.4 Å². The normalized spacial score (nSPS) is 15.0. The van der Waals surface area contributed by atoms with Gasteiger partial charge >= 0.3 is 0 Å². The third kappa shape index (κ3) is 4.45. The van der Waals surface area contributed by atoms with Crippen LogP contribution in [0.1, 0.15) is 84.8 Å². The summed E-state index contributed by atoms with van der Waals surface area (Å²) >= 11 is 1.78. The molecule has 0 bridgehead atoms. The molecule has 0 unspecified atom stereocenters. The summed E-state index contributed by atoms with van der Waals surface area (Å²) in [7, 11) is 0. The maximum absolute atomic E-state index is 12.2. The smallest absolute Gasteiger partial charge is 0.172 e. The molecule has 0 N–H and O–H groups in total. The van der Waals surface area contributed by atoms with Gasteiger partial charge in [0.05, 0.1) is 4.88 Å². The fourth-order valence-corrected chi connectivity index (χ4v) is 4.04. The van der Waals surface area contributed by atoms with Crippen molar-refractivity contribution in [1.29, 1.82) is 0 Å². The maximum atomic E-state index is 12.2. The number of hydrogen-bond acceptors (Lipinski definition) is 2. The molecular formula is C17H26OS. The fourth-order valence-electron chi connectivity index (χ4n) is 2.82. The second-order valence-electron chi connectivity index (χ2n) is 5.71. The molecule has 0 amide bonds. The van der Waals surface area contributed by atoms with Gasteiger partial charge in [-0.25, -0.2) is 0 Å². The van der Waals surface area contributed by atoms with Gasteiger partial charge < -0.3 is 0 Å². The van der Waals surface area contributed by atoms with Crippen molar-refractivity contribution in [3.63, 3.8) is 0 Å². The molecule has 106 valence electrons. The van der Waals surface area contributed by atoms with Crippen molar-refractivity contribution in [2.24, 2.45) is 0 Å². The van der Waals surface area contributed by atoms with Crippen LogP contribution in [0.4, 0.5) is 0 Å². The second-order valence-corrected chi connectivity index (χ2v) is 6.84. The minimum Gasteiger partial charge on any atom is -0.293 e. The van der Waals surface area contributed by atoms with E-state index in [0.717, 1.165) is 17.7 Å². The van der Waals surface area contributed by atoms with Gasteiger partial charge in [-0.3, -0.25) is 4.79 Å². The molecule has 0 fully saturated rings. The zero-order chi connectivity index (χ0) is 13.5. The highest BCUT2D eigenvalue weighted by Crippen LogP contribution is 2.30. The summed E-state index contributed by atoms with van der Waals surface area (Å²) in [5, 5.41) is 0. The lowest BCUT2D eigenvalue weighted by Gasteiger charge is -1.99. The summed E-state index contributed by atoms with van der Waals surface area (Å²) in [4.78, 5) is 14.7. The first-order chi connectivity index (χ1) is 9.31. The Morgan fingerprint density at radius 2 is 1.89 bits per heavy atom. The van der Waals surface area contributed by atoms with Gasteiger partial charge in [-0.2, -0.15) is 0 Å². The highest BCUT2D eigenvalue weighted by atomic mass is 32.1. The number of Topliss-reactive ketones (excluding diaryl/α,β-unsaturated/α-hetero) is 1. The predicted octanol–water partition coefficient (Wildman–Crippen LogP) is 5.56. The number of fused-ring (bicyclic) bond motifs is 1. The average molecular weight is 278 g/mol. The summed E-state index contributed by atoms with van der Waals surface area (Å²) in [5.74, 6) is 0.384. The van der Waals surface area contributed by atoms with E-state index in [0.29, 0.717) is 5.78 Å². The fraction of sp³-hybridized carbons (Fsp3) is 0.706. The van der Waals surface area contributed by atoms with Gasteiger partial charge in [0, 0.05) is 11.3 Å². The molecule has 1 heterocycles. The Morgan fingerprint density at radius 1 is 1.11 bits per heavy atom. The predicted molar refractivity (Wildman–Crippen MR) is 83.3 cm³/mol. The number of thiophene rings is 1. The lowest BCUT2D eigenvalue weighted by atomic mass is 10.1. The first-order valence-corrected chi connectivity index (χ1v) is 8.77. The molecule has 1 aliphatic rings. The van der Waals surface area contributed by atoms with E-state index in [1.165, 1.54) is 68.2 Å². The first-order valence-electron chi connectivity index (χ1n) is 7.96. The molecule has 2 heteroatoms. The first kappa shape index (κ1) is 14.8. The number of rotatable bonds is 7. The molecule has 1 aromatic rings. The standard InChI is InChI=1S/C17H26OS/c1-2-3-4-5-8-11-15(18)17-13-14-10-7-6-9-12-16(14)19-17/h13H,2-12H2,1H3. The van der Waals surface area contributed by atoms with E-state index in [-0.39, 0.29) is 0 Å². The summed E-state index contributed by atoms with van der Waals surface area (Å²) < 4.78 is 0. The zero-order valence-electron chi connectivity index (χ0n) is 12.2. The Bertz CT molecular complexity index is 382. The summed E-state index contributed by atoms with van der Waals surface area (Å²) in [6, 6.07) is 2.19. The molecule has 0 spiro atoms. The Labute approximate surface area is 121 Å². The summed E-state index contributed by atoms with van der Waals surface area (Å²) in [6.07, 6.45) is 13.2. The van der Waals surface area contributed by atoms with E-state index in [4.69, 9.17) is 0 Å². The van der Waals surface area contributed by atoms with Gasteiger partial charge in [0.15, 0.2) is 5.78 Å². The van der Waals surface area contributed by atoms with Crippen LogP contribution >= 0.6 is 11.3 Å². The number of carbonyl (C=O) groups is 1. The van der Waals surface area contributed by atoms with Crippen LogP contribution in [0.25, 0.3) is 0 Å². The third-order valence-corrected chi connectivity index (χ3v) is 5.31. The second kappa shape index (κ2) is 7.84. The van der Waals surface area contributed by atoms with E-state index in [1.807, 2.05) is 0 Å². The molecular weight excluding hydrogens is 252 g/mol. The van der Waals surface area contributed by atoms with Crippen LogP contribution < -0.4 is 0 Å². The Balaban J connectivity index is 1.82. The van der Waals surface area contributed by atoms with Crippen LogP contribution in [0.2, 0.25) is 0 Å². The number of hydrogen-bond donors (Lipinski definition) is 0. The number of ketones is 1.